The van der Waals surface area contributed by atoms with Crippen LogP contribution < -0.4 is 10.5 Å². The minimum atomic E-state index is -5.70. The molecule has 0 aromatic heterocycles. The van der Waals surface area contributed by atoms with E-state index in [-0.39, 0.29) is 18.2 Å². The highest BCUT2D eigenvalue weighted by Crippen LogP contribution is 2.44. The van der Waals surface area contributed by atoms with E-state index in [2.05, 4.69) is 0 Å². The Bertz CT molecular complexity index is 396. The molecule has 2 N–H and O–H groups in total. The highest BCUT2D eigenvalue weighted by atomic mass is 35.5. The van der Waals surface area contributed by atoms with Gasteiger partial charge in [0, 0.05) is 5.56 Å². The Morgan fingerprint density at radius 3 is 2.06 bits per heavy atom. The van der Waals surface area contributed by atoms with E-state index in [1.165, 1.54) is 18.2 Å². The van der Waals surface area contributed by atoms with Crippen LogP contribution in [-0.2, 0) is 0 Å². The van der Waals surface area contributed by atoms with Crippen LogP contribution in [0.25, 0.3) is 0 Å². The molecule has 0 saturated carbocycles. The van der Waals surface area contributed by atoms with Crippen LogP contribution >= 0.6 is 12.4 Å². The molecule has 0 fully saturated rings. The number of benzene rings is 1. The van der Waals surface area contributed by atoms with Crippen LogP contribution in [0.1, 0.15) is 11.6 Å². The van der Waals surface area contributed by atoms with Gasteiger partial charge in [-0.05, 0) is 6.07 Å². The molecule has 8 heteroatoms. The summed E-state index contributed by atoms with van der Waals surface area (Å²) in [5.41, 5.74) is 4.59. The number of hydrogen-bond acceptors (Lipinski definition) is 2. The van der Waals surface area contributed by atoms with E-state index in [1.54, 1.807) is 0 Å². The predicted octanol–water partition coefficient (Wildman–Crippen LogP) is 3.31. The molecule has 0 heterocycles. The van der Waals surface area contributed by atoms with E-state index in [4.69, 9.17) is 10.5 Å². The van der Waals surface area contributed by atoms with Gasteiger partial charge in [-0.15, -0.1) is 12.4 Å². The summed E-state index contributed by atoms with van der Waals surface area (Å²) >= 11 is 0. The number of para-hydroxylation sites is 1. The van der Waals surface area contributed by atoms with Gasteiger partial charge in [0.05, 0.1) is 7.11 Å². The zero-order chi connectivity index (χ0) is 13.3. The molecule has 0 spiro atoms. The van der Waals surface area contributed by atoms with E-state index in [0.29, 0.717) is 0 Å². The minimum Gasteiger partial charge on any atom is -0.496 e. The second kappa shape index (κ2) is 5.71. The van der Waals surface area contributed by atoms with Crippen molar-refractivity contribution in [3.63, 3.8) is 0 Å². The van der Waals surface area contributed by atoms with Crippen molar-refractivity contribution in [3.05, 3.63) is 29.8 Å². The molecule has 0 amide bonds. The summed E-state index contributed by atoms with van der Waals surface area (Å²) in [4.78, 5) is 0. The molecule has 1 aromatic carbocycles. The fraction of sp³-hybridized carbons (Fsp3) is 0.400. The summed E-state index contributed by atoms with van der Waals surface area (Å²) in [6.45, 7) is 0. The van der Waals surface area contributed by atoms with Crippen LogP contribution in [-0.4, -0.2) is 19.2 Å². The molecule has 0 radical (unpaired) electrons. The molecule has 1 aromatic rings. The number of methoxy groups -OCH3 is 1. The molecule has 1 atom stereocenters. The van der Waals surface area contributed by atoms with Gasteiger partial charge in [-0.3, -0.25) is 0 Å². The topological polar surface area (TPSA) is 35.2 Å². The summed E-state index contributed by atoms with van der Waals surface area (Å²) in [7, 11) is 1.16. The molecule has 0 aliphatic rings. The zero-order valence-corrected chi connectivity index (χ0v) is 9.99. The lowest BCUT2D eigenvalue weighted by Crippen LogP contribution is -2.45. The van der Waals surface area contributed by atoms with Crippen LogP contribution in [0, 0.1) is 0 Å². The highest BCUT2D eigenvalue weighted by Gasteiger charge is 2.62. The number of halogens is 6. The van der Waals surface area contributed by atoms with Crippen LogP contribution in [0.15, 0.2) is 24.3 Å². The predicted molar refractivity (Wildman–Crippen MR) is 58.2 cm³/mol. The van der Waals surface area contributed by atoms with Crippen LogP contribution in [0.5, 0.6) is 5.75 Å². The third kappa shape index (κ3) is 3.02. The summed E-state index contributed by atoms with van der Waals surface area (Å²) in [6.07, 6.45) is -5.70. The Kier molecular flexibility index (Phi) is 5.36. The summed E-state index contributed by atoms with van der Waals surface area (Å²) in [6, 6.07) is 2.59. The van der Waals surface area contributed by atoms with E-state index in [1.807, 2.05) is 0 Å². The summed E-state index contributed by atoms with van der Waals surface area (Å²) in [5.74, 6) is -5.12. The van der Waals surface area contributed by atoms with Gasteiger partial charge in [0.2, 0.25) is 0 Å². The van der Waals surface area contributed by atoms with Gasteiger partial charge in [0.1, 0.15) is 11.8 Å². The lowest BCUT2D eigenvalue weighted by atomic mass is 10.00. The van der Waals surface area contributed by atoms with E-state index < -0.39 is 23.7 Å². The second-order valence-electron chi connectivity index (χ2n) is 3.34. The van der Waals surface area contributed by atoms with Crippen molar-refractivity contribution in [1.82, 2.24) is 0 Å². The maximum Gasteiger partial charge on any atom is 0.455 e. The smallest absolute Gasteiger partial charge is 0.455 e. The van der Waals surface area contributed by atoms with Crippen molar-refractivity contribution in [2.45, 2.75) is 18.1 Å². The number of hydrogen-bond donors (Lipinski definition) is 1. The number of rotatable bonds is 3. The minimum absolute atomic E-state index is 0. The van der Waals surface area contributed by atoms with Gasteiger partial charge in [0.15, 0.2) is 0 Å². The van der Waals surface area contributed by atoms with E-state index >= 15 is 0 Å². The van der Waals surface area contributed by atoms with Crippen molar-refractivity contribution < 1.29 is 26.7 Å². The van der Waals surface area contributed by atoms with Gasteiger partial charge in [-0.25, -0.2) is 0 Å². The standard InChI is InChI=1S/C10H10F5NO.ClH/c1-17-7-5-3-2-4-6(7)8(16)9(11,12)10(13,14)15;/h2-5,8H,16H2,1H3;1H/t8-;/m0./s1. The SMILES string of the molecule is COc1ccccc1[C@H](N)C(F)(F)C(F)(F)F.Cl. The van der Waals surface area contributed by atoms with Crippen LogP contribution in [0.4, 0.5) is 22.0 Å². The molecule has 104 valence electrons. The van der Waals surface area contributed by atoms with Gasteiger partial charge < -0.3 is 10.5 Å². The second-order valence-corrected chi connectivity index (χ2v) is 3.34. The molecule has 1 rings (SSSR count). The largest absolute Gasteiger partial charge is 0.496 e. The first-order chi connectivity index (χ1) is 7.71. The average Bonchev–Trinajstić information content (AvgIpc) is 2.26. The van der Waals surface area contributed by atoms with Crippen molar-refractivity contribution in [2.24, 2.45) is 5.73 Å². The summed E-state index contributed by atoms with van der Waals surface area (Å²) in [5, 5.41) is 0. The normalized spacial score (nSPS) is 13.7. The lowest BCUT2D eigenvalue weighted by Gasteiger charge is -2.26. The molecule has 18 heavy (non-hydrogen) atoms. The van der Waals surface area contributed by atoms with E-state index in [9.17, 15) is 22.0 Å². The monoisotopic (exact) mass is 291 g/mol. The van der Waals surface area contributed by atoms with Crippen molar-refractivity contribution in [1.29, 1.82) is 0 Å². The molecule has 0 unspecified atom stereocenters. The first-order valence-electron chi connectivity index (χ1n) is 4.55. The van der Waals surface area contributed by atoms with Gasteiger partial charge in [-0.2, -0.15) is 22.0 Å². The molecular formula is C10H11ClF5NO. The van der Waals surface area contributed by atoms with Crippen LogP contribution in [0.2, 0.25) is 0 Å². The fourth-order valence-corrected chi connectivity index (χ4v) is 1.29. The first-order valence-corrected chi connectivity index (χ1v) is 4.55. The Labute approximate surface area is 106 Å². The van der Waals surface area contributed by atoms with Crippen molar-refractivity contribution in [2.75, 3.05) is 7.11 Å². The van der Waals surface area contributed by atoms with Gasteiger partial charge in [-0.1, -0.05) is 18.2 Å². The maximum atomic E-state index is 13.0. The fourth-order valence-electron chi connectivity index (χ4n) is 1.29. The third-order valence-electron chi connectivity index (χ3n) is 2.24. The molecule has 0 saturated heterocycles. The lowest BCUT2D eigenvalue weighted by molar-refractivity contribution is -0.291. The first kappa shape index (κ1) is 16.9. The van der Waals surface area contributed by atoms with Gasteiger partial charge >= 0.3 is 12.1 Å². The van der Waals surface area contributed by atoms with E-state index in [0.717, 1.165) is 13.2 Å². The van der Waals surface area contributed by atoms with Crippen LogP contribution in [0.3, 0.4) is 0 Å². The number of ether oxygens (including phenoxy) is 1. The Morgan fingerprint density at radius 2 is 1.61 bits per heavy atom. The van der Waals surface area contributed by atoms with Crippen molar-refractivity contribution >= 4 is 12.4 Å². The molecule has 0 aliphatic carbocycles. The Hall–Kier alpha value is -1.08. The maximum absolute atomic E-state index is 13.0. The van der Waals surface area contributed by atoms with Gasteiger partial charge in [0.25, 0.3) is 0 Å². The van der Waals surface area contributed by atoms with Crippen molar-refractivity contribution in [3.8, 4) is 5.75 Å². The highest BCUT2D eigenvalue weighted by molar-refractivity contribution is 5.85. The number of nitrogens with two attached hydrogens (primary N) is 1. The molecule has 0 aliphatic heterocycles. The Morgan fingerprint density at radius 1 is 1.11 bits per heavy atom. The molecular weight excluding hydrogens is 281 g/mol. The zero-order valence-electron chi connectivity index (χ0n) is 9.17. The molecule has 2 nitrogen and oxygen atoms in total. The third-order valence-corrected chi connectivity index (χ3v) is 2.24. The summed E-state index contributed by atoms with van der Waals surface area (Å²) < 4.78 is 67.1. The Balaban J connectivity index is 0.00000289. The average molecular weight is 292 g/mol. The molecule has 0 bridgehead atoms. The number of alkyl halides is 5. The quantitative estimate of drug-likeness (QED) is 0.867.